The van der Waals surface area contributed by atoms with E-state index in [2.05, 4.69) is 5.32 Å². The van der Waals surface area contributed by atoms with Crippen molar-refractivity contribution in [1.29, 1.82) is 0 Å². The van der Waals surface area contributed by atoms with Crippen LogP contribution in [0.3, 0.4) is 0 Å². The molecular formula is C12H15NO4. The summed E-state index contributed by atoms with van der Waals surface area (Å²) in [5, 5.41) is 21.9. The molecule has 5 heteroatoms. The zero-order chi connectivity index (χ0) is 12.4. The lowest BCUT2D eigenvalue weighted by Crippen LogP contribution is -2.17. The van der Waals surface area contributed by atoms with E-state index >= 15 is 0 Å². The Morgan fingerprint density at radius 2 is 2.29 bits per heavy atom. The number of ether oxygens (including phenoxy) is 1. The Labute approximate surface area is 99.0 Å². The number of benzene rings is 1. The highest BCUT2D eigenvalue weighted by atomic mass is 16.5. The van der Waals surface area contributed by atoms with Crippen molar-refractivity contribution in [1.82, 2.24) is 5.32 Å². The van der Waals surface area contributed by atoms with Gasteiger partial charge in [-0.2, -0.15) is 0 Å². The van der Waals surface area contributed by atoms with Gasteiger partial charge in [0.2, 0.25) is 0 Å². The summed E-state index contributed by atoms with van der Waals surface area (Å²) in [7, 11) is 1.53. The molecular weight excluding hydrogens is 222 g/mol. The maximum atomic E-state index is 10.9. The van der Waals surface area contributed by atoms with Crippen molar-refractivity contribution in [3.05, 3.63) is 23.8 Å². The highest BCUT2D eigenvalue weighted by Crippen LogP contribution is 2.38. The predicted octanol–water partition coefficient (Wildman–Crippen LogP) is 1.14. The third-order valence-electron chi connectivity index (χ3n) is 3.09. The van der Waals surface area contributed by atoms with Gasteiger partial charge in [0.1, 0.15) is 11.5 Å². The van der Waals surface area contributed by atoms with Gasteiger partial charge in [0.05, 0.1) is 18.6 Å². The van der Waals surface area contributed by atoms with E-state index in [1.165, 1.54) is 7.11 Å². The van der Waals surface area contributed by atoms with Crippen LogP contribution >= 0.6 is 0 Å². The summed E-state index contributed by atoms with van der Waals surface area (Å²) in [6.07, 6.45) is 0.462. The lowest BCUT2D eigenvalue weighted by atomic mass is 9.98. The topological polar surface area (TPSA) is 78.8 Å². The van der Waals surface area contributed by atoms with E-state index in [-0.39, 0.29) is 11.8 Å². The van der Waals surface area contributed by atoms with Crippen LogP contribution in [0.15, 0.2) is 18.2 Å². The second-order valence-electron chi connectivity index (χ2n) is 4.12. The van der Waals surface area contributed by atoms with Gasteiger partial charge in [0.15, 0.2) is 0 Å². The van der Waals surface area contributed by atoms with Crippen molar-refractivity contribution in [2.45, 2.75) is 12.5 Å². The predicted molar refractivity (Wildman–Crippen MR) is 61.1 cm³/mol. The normalized spacial score (nSPS) is 23.6. The zero-order valence-corrected chi connectivity index (χ0v) is 9.51. The number of methoxy groups -OCH3 is 1. The molecule has 1 aromatic carbocycles. The number of hydrogen-bond acceptors (Lipinski definition) is 4. The Hall–Kier alpha value is -1.75. The number of phenolic OH excluding ortho intramolecular Hbond substituents is 1. The Balaban J connectivity index is 2.26. The molecule has 3 N–H and O–H groups in total. The van der Waals surface area contributed by atoms with Crippen LogP contribution in [0, 0.1) is 5.92 Å². The van der Waals surface area contributed by atoms with Crippen molar-refractivity contribution in [3.63, 3.8) is 0 Å². The van der Waals surface area contributed by atoms with Crippen LogP contribution in [0.5, 0.6) is 11.5 Å². The van der Waals surface area contributed by atoms with Crippen molar-refractivity contribution >= 4 is 5.97 Å². The molecule has 1 aliphatic rings. The van der Waals surface area contributed by atoms with Gasteiger partial charge in [0, 0.05) is 12.6 Å². The first-order valence-electron chi connectivity index (χ1n) is 5.45. The molecule has 2 atom stereocenters. The first-order valence-corrected chi connectivity index (χ1v) is 5.45. The quantitative estimate of drug-likeness (QED) is 0.734. The van der Waals surface area contributed by atoms with Crippen LogP contribution in [-0.4, -0.2) is 29.8 Å². The Kier molecular flexibility index (Phi) is 3.19. The first kappa shape index (κ1) is 11.7. The lowest BCUT2D eigenvalue weighted by Gasteiger charge is -2.16. The van der Waals surface area contributed by atoms with Crippen LogP contribution in [0.1, 0.15) is 18.0 Å². The molecule has 0 bridgehead atoms. The molecule has 0 aliphatic carbocycles. The minimum absolute atomic E-state index is 0.132. The van der Waals surface area contributed by atoms with Gasteiger partial charge in [-0.05, 0) is 18.6 Å². The van der Waals surface area contributed by atoms with Crippen molar-refractivity contribution in [2.24, 2.45) is 5.92 Å². The van der Waals surface area contributed by atoms with E-state index in [4.69, 9.17) is 9.84 Å². The van der Waals surface area contributed by atoms with Gasteiger partial charge in [-0.25, -0.2) is 0 Å². The van der Waals surface area contributed by atoms with E-state index < -0.39 is 11.9 Å². The van der Waals surface area contributed by atoms with E-state index in [0.717, 1.165) is 0 Å². The first-order chi connectivity index (χ1) is 8.13. The minimum atomic E-state index is -0.811. The molecule has 5 nitrogen and oxygen atoms in total. The van der Waals surface area contributed by atoms with Gasteiger partial charge >= 0.3 is 5.97 Å². The molecule has 1 aromatic rings. The highest BCUT2D eigenvalue weighted by molar-refractivity contribution is 5.71. The summed E-state index contributed by atoms with van der Waals surface area (Å²) in [5.41, 5.74) is 0.638. The fourth-order valence-electron chi connectivity index (χ4n) is 2.20. The Morgan fingerprint density at radius 3 is 2.88 bits per heavy atom. The van der Waals surface area contributed by atoms with E-state index in [1.807, 2.05) is 0 Å². The lowest BCUT2D eigenvalue weighted by molar-refractivity contribution is -0.141. The van der Waals surface area contributed by atoms with Gasteiger partial charge in [-0.1, -0.05) is 6.07 Å². The fraction of sp³-hybridized carbons (Fsp3) is 0.417. The molecule has 0 amide bonds. The maximum absolute atomic E-state index is 10.9. The number of phenols is 1. The van der Waals surface area contributed by atoms with Gasteiger partial charge in [-0.15, -0.1) is 0 Å². The average molecular weight is 237 g/mol. The average Bonchev–Trinajstić information content (AvgIpc) is 2.77. The number of carbonyl (C=O) groups is 1. The van der Waals surface area contributed by atoms with Crippen LogP contribution in [0.4, 0.5) is 0 Å². The number of carboxylic acid groups (broad SMARTS) is 1. The molecule has 2 unspecified atom stereocenters. The largest absolute Gasteiger partial charge is 0.507 e. The number of carboxylic acids is 1. The number of hydrogen-bond donors (Lipinski definition) is 3. The Bertz CT molecular complexity index is 433. The molecule has 0 saturated carbocycles. The summed E-state index contributed by atoms with van der Waals surface area (Å²) in [6.45, 7) is 0.414. The SMILES string of the molecule is COc1cccc(O)c1C1CC(C(=O)O)CN1. The molecule has 1 aliphatic heterocycles. The van der Waals surface area contributed by atoms with Crippen LogP contribution in [0.25, 0.3) is 0 Å². The van der Waals surface area contributed by atoms with Crippen LogP contribution in [-0.2, 0) is 4.79 Å². The molecule has 17 heavy (non-hydrogen) atoms. The highest BCUT2D eigenvalue weighted by Gasteiger charge is 2.33. The Morgan fingerprint density at radius 1 is 1.53 bits per heavy atom. The van der Waals surface area contributed by atoms with Gasteiger partial charge < -0.3 is 20.3 Å². The molecule has 1 saturated heterocycles. The van der Waals surface area contributed by atoms with Gasteiger partial charge in [-0.3, -0.25) is 4.79 Å². The van der Waals surface area contributed by atoms with E-state index in [1.54, 1.807) is 18.2 Å². The summed E-state index contributed by atoms with van der Waals surface area (Å²) in [4.78, 5) is 10.9. The second-order valence-corrected chi connectivity index (χ2v) is 4.12. The zero-order valence-electron chi connectivity index (χ0n) is 9.51. The summed E-state index contributed by atoms with van der Waals surface area (Å²) >= 11 is 0. The third kappa shape index (κ3) is 2.19. The fourth-order valence-corrected chi connectivity index (χ4v) is 2.20. The third-order valence-corrected chi connectivity index (χ3v) is 3.09. The second kappa shape index (κ2) is 4.63. The molecule has 0 radical (unpaired) electrons. The maximum Gasteiger partial charge on any atom is 0.307 e. The standard InChI is InChI=1S/C12H15NO4/c1-17-10-4-2-3-9(14)11(10)8-5-7(6-13-8)12(15)16/h2-4,7-8,13-14H,5-6H2,1H3,(H,15,16). The summed E-state index contributed by atoms with van der Waals surface area (Å²) in [5.74, 6) is -0.514. The molecule has 92 valence electrons. The molecule has 1 fully saturated rings. The van der Waals surface area contributed by atoms with Crippen LogP contribution in [0.2, 0.25) is 0 Å². The number of rotatable bonds is 3. The monoisotopic (exact) mass is 237 g/mol. The summed E-state index contributed by atoms with van der Waals surface area (Å²) in [6, 6.07) is 4.85. The molecule has 0 spiro atoms. The molecule has 1 heterocycles. The van der Waals surface area contributed by atoms with Crippen molar-refractivity contribution in [2.75, 3.05) is 13.7 Å². The smallest absolute Gasteiger partial charge is 0.307 e. The van der Waals surface area contributed by atoms with Crippen molar-refractivity contribution < 1.29 is 19.7 Å². The van der Waals surface area contributed by atoms with Gasteiger partial charge in [0.25, 0.3) is 0 Å². The number of nitrogens with one attached hydrogen (secondary N) is 1. The summed E-state index contributed by atoms with van der Waals surface area (Å²) < 4.78 is 5.19. The van der Waals surface area contributed by atoms with Crippen molar-refractivity contribution in [3.8, 4) is 11.5 Å². The van der Waals surface area contributed by atoms with E-state index in [9.17, 15) is 9.90 Å². The number of aromatic hydroxyl groups is 1. The molecule has 2 rings (SSSR count). The minimum Gasteiger partial charge on any atom is -0.507 e. The van der Waals surface area contributed by atoms with E-state index in [0.29, 0.717) is 24.3 Å². The number of aliphatic carboxylic acids is 1. The van der Waals surface area contributed by atoms with Crippen LogP contribution < -0.4 is 10.1 Å². The molecule has 0 aromatic heterocycles.